The first kappa shape index (κ1) is 23.3. The van der Waals surface area contributed by atoms with Crippen molar-refractivity contribution in [2.45, 2.75) is 0 Å². The van der Waals surface area contributed by atoms with Crippen LogP contribution in [0.2, 0.25) is 0 Å². The van der Waals surface area contributed by atoms with Crippen molar-refractivity contribution in [2.75, 3.05) is 0 Å². The largest absolute Gasteiger partial charge is 0.352 e. The van der Waals surface area contributed by atoms with E-state index < -0.39 is 6.03 Å². The number of carbonyl (C=O) groups is 1. The van der Waals surface area contributed by atoms with Gasteiger partial charge in [-0.05, 0) is 0 Å². The molecule has 0 aliphatic carbocycles. The number of carbonyl (C=O) groups excluding carboxylic acids is 1. The molecule has 1 atom stereocenters. The summed E-state index contributed by atoms with van der Waals surface area (Å²) in [5.41, 5.74) is 8.50. The summed E-state index contributed by atoms with van der Waals surface area (Å²) in [7, 11) is 0. The Hall–Kier alpha value is 1.73. The quantitative estimate of drug-likeness (QED) is 0.321. The van der Waals surface area contributed by atoms with Crippen LogP contribution in [0.4, 0.5) is 4.79 Å². The number of urea groups is 1. The monoisotopic (exact) mass is 158 g/mol. The second kappa shape index (κ2) is 15.6. The Balaban J connectivity index is -0.0000000150. The van der Waals surface area contributed by atoms with E-state index in [-0.39, 0.29) is 70.7 Å². The van der Waals surface area contributed by atoms with Gasteiger partial charge in [0.25, 0.3) is 0 Å². The standard InChI is InChI=1S/CH4N2O.Ca.Mg.H3P/c2-1(3)4;;;/h(H4,2,3,4);;;1H3. The third-order valence-corrected chi connectivity index (χ3v) is 0. The Labute approximate surface area is 91.7 Å². The Morgan fingerprint density at radius 1 is 1.29 bits per heavy atom. The first-order chi connectivity index (χ1) is 1.73. The molecule has 0 aromatic rings. The Bertz CT molecular complexity index is 40.7. The molecule has 0 rings (SSSR count). The van der Waals surface area contributed by atoms with Crippen LogP contribution in [0.15, 0.2) is 0 Å². The van der Waals surface area contributed by atoms with Gasteiger partial charge >= 0.3 is 6.03 Å². The van der Waals surface area contributed by atoms with Crippen LogP contribution in [0.25, 0.3) is 0 Å². The smallest absolute Gasteiger partial charge is 0.309 e. The maximum atomic E-state index is 9.00. The first-order valence-electron chi connectivity index (χ1n) is 0.781. The van der Waals surface area contributed by atoms with E-state index in [2.05, 4.69) is 11.5 Å². The molecule has 0 spiro atoms. The molecule has 3 nitrogen and oxygen atoms in total. The van der Waals surface area contributed by atoms with Crippen LogP contribution in [-0.2, 0) is 0 Å². The minimum absolute atomic E-state index is 0. The van der Waals surface area contributed by atoms with Gasteiger partial charge in [0.15, 0.2) is 0 Å². The molecular weight excluding hydrogens is 151 g/mol. The molecule has 4 N–H and O–H groups in total. The summed E-state index contributed by atoms with van der Waals surface area (Å²) < 4.78 is 0. The number of hydrogen-bond acceptors (Lipinski definition) is 1. The summed E-state index contributed by atoms with van der Waals surface area (Å²) in [6.07, 6.45) is 0. The SMILES string of the molecule is NC(N)=O.P.[Ca].[Mg]. The van der Waals surface area contributed by atoms with Crippen molar-refractivity contribution in [1.29, 1.82) is 0 Å². The van der Waals surface area contributed by atoms with Crippen molar-refractivity contribution < 1.29 is 4.79 Å². The Morgan fingerprint density at radius 2 is 1.29 bits per heavy atom. The van der Waals surface area contributed by atoms with E-state index >= 15 is 0 Å². The van der Waals surface area contributed by atoms with Crippen LogP contribution in [0, 0.1) is 0 Å². The van der Waals surface area contributed by atoms with E-state index in [1.165, 1.54) is 0 Å². The molecule has 4 radical (unpaired) electrons. The van der Waals surface area contributed by atoms with Crippen molar-refractivity contribution in [3.05, 3.63) is 0 Å². The number of primary amides is 2. The minimum atomic E-state index is -0.833. The molecule has 0 bridgehead atoms. The second-order valence-corrected chi connectivity index (χ2v) is 0.402. The predicted molar refractivity (Wildman–Crippen MR) is 36.4 cm³/mol. The van der Waals surface area contributed by atoms with Gasteiger partial charge in [-0.3, -0.25) is 0 Å². The zero-order valence-corrected chi connectivity index (χ0v) is 9.22. The summed E-state index contributed by atoms with van der Waals surface area (Å²) in [5, 5.41) is 0. The zero-order chi connectivity index (χ0) is 3.58. The molecule has 36 valence electrons. The van der Waals surface area contributed by atoms with Gasteiger partial charge in [0.05, 0.1) is 0 Å². The van der Waals surface area contributed by atoms with Crippen LogP contribution in [0.3, 0.4) is 0 Å². The fourth-order valence-corrected chi connectivity index (χ4v) is 0. The fourth-order valence-electron chi connectivity index (χ4n) is 0. The summed E-state index contributed by atoms with van der Waals surface area (Å²) in [6, 6.07) is -0.833. The topological polar surface area (TPSA) is 69.1 Å². The van der Waals surface area contributed by atoms with Crippen LogP contribution >= 0.6 is 9.90 Å². The van der Waals surface area contributed by atoms with E-state index in [1.54, 1.807) is 0 Å². The molecule has 0 heterocycles. The molecule has 6 heteroatoms. The van der Waals surface area contributed by atoms with Crippen molar-refractivity contribution in [3.8, 4) is 0 Å². The fraction of sp³-hybridized carbons (Fsp3) is 0. The summed E-state index contributed by atoms with van der Waals surface area (Å²) >= 11 is 0. The molecular formula is CH7CaMgN2OP. The maximum absolute atomic E-state index is 9.00. The average Bonchev–Trinajstić information content (AvgIpc) is 0.811. The van der Waals surface area contributed by atoms with Crippen LogP contribution < -0.4 is 11.5 Å². The van der Waals surface area contributed by atoms with Crippen molar-refractivity contribution in [3.63, 3.8) is 0 Å². The van der Waals surface area contributed by atoms with Crippen molar-refractivity contribution >= 4 is 76.7 Å². The minimum Gasteiger partial charge on any atom is -0.352 e. The van der Waals surface area contributed by atoms with E-state index in [9.17, 15) is 0 Å². The van der Waals surface area contributed by atoms with E-state index in [1.807, 2.05) is 0 Å². The molecule has 0 aromatic carbocycles. The summed E-state index contributed by atoms with van der Waals surface area (Å²) in [6.45, 7) is 0. The van der Waals surface area contributed by atoms with Gasteiger partial charge in [0.1, 0.15) is 0 Å². The summed E-state index contributed by atoms with van der Waals surface area (Å²) in [5.74, 6) is 0. The normalized spacial score (nSPS) is 3.43. The third kappa shape index (κ3) is 85.0. The molecule has 0 aromatic heterocycles. The van der Waals surface area contributed by atoms with Crippen molar-refractivity contribution in [1.82, 2.24) is 0 Å². The molecule has 2 amide bonds. The molecule has 1 unspecified atom stereocenters. The number of amides is 2. The number of hydrogen-bond donors (Lipinski definition) is 2. The number of nitrogens with two attached hydrogens (primary N) is 2. The Kier molecular flexibility index (Phi) is 52.1. The van der Waals surface area contributed by atoms with Gasteiger partial charge in [-0.25, -0.2) is 4.79 Å². The Morgan fingerprint density at radius 3 is 1.29 bits per heavy atom. The summed E-state index contributed by atoms with van der Waals surface area (Å²) in [4.78, 5) is 9.00. The van der Waals surface area contributed by atoms with E-state index in [0.717, 1.165) is 0 Å². The van der Waals surface area contributed by atoms with Gasteiger partial charge in [-0.15, -0.1) is 0 Å². The van der Waals surface area contributed by atoms with Gasteiger partial charge < -0.3 is 11.5 Å². The molecule has 0 saturated heterocycles. The van der Waals surface area contributed by atoms with Gasteiger partial charge in [0.2, 0.25) is 0 Å². The second-order valence-electron chi connectivity index (χ2n) is 0.402. The molecule has 7 heavy (non-hydrogen) atoms. The molecule has 0 aliphatic rings. The zero-order valence-electron chi connectivity index (χ0n) is 4.18. The molecule has 0 aliphatic heterocycles. The predicted octanol–water partition coefficient (Wildman–Crippen LogP) is -1.68. The average molecular weight is 158 g/mol. The van der Waals surface area contributed by atoms with Crippen LogP contribution in [0.5, 0.6) is 0 Å². The number of rotatable bonds is 0. The van der Waals surface area contributed by atoms with Crippen molar-refractivity contribution in [2.24, 2.45) is 11.5 Å². The van der Waals surface area contributed by atoms with E-state index in [0.29, 0.717) is 0 Å². The van der Waals surface area contributed by atoms with Gasteiger partial charge in [-0.2, -0.15) is 9.90 Å². The molecule has 0 fully saturated rings. The molecule has 0 saturated carbocycles. The van der Waals surface area contributed by atoms with E-state index in [4.69, 9.17) is 4.79 Å². The van der Waals surface area contributed by atoms with Crippen LogP contribution in [0.1, 0.15) is 0 Å². The van der Waals surface area contributed by atoms with Crippen LogP contribution in [-0.4, -0.2) is 66.8 Å². The maximum Gasteiger partial charge on any atom is 0.309 e. The third-order valence-electron chi connectivity index (χ3n) is 0. The van der Waals surface area contributed by atoms with Gasteiger partial charge in [0, 0.05) is 60.8 Å². The first-order valence-corrected chi connectivity index (χ1v) is 0.781. The van der Waals surface area contributed by atoms with Gasteiger partial charge in [-0.1, -0.05) is 0 Å².